The van der Waals surface area contributed by atoms with Crippen LogP contribution >= 0.6 is 11.3 Å². The van der Waals surface area contributed by atoms with Crippen LogP contribution in [0, 0.1) is 12.7 Å². The molecule has 7 heteroatoms. The summed E-state index contributed by atoms with van der Waals surface area (Å²) in [6.07, 6.45) is 2.14. The predicted octanol–water partition coefficient (Wildman–Crippen LogP) is 2.94. The van der Waals surface area contributed by atoms with Gasteiger partial charge in [0.15, 0.2) is 5.13 Å². The molecule has 0 fully saturated rings. The monoisotopic (exact) mass is 306 g/mol. The van der Waals surface area contributed by atoms with E-state index >= 15 is 0 Å². The summed E-state index contributed by atoms with van der Waals surface area (Å²) in [6.45, 7) is 1.79. The Morgan fingerprint density at radius 1 is 1.43 bits per heavy atom. The minimum atomic E-state index is -1.13. The maximum Gasteiger partial charge on any atom is 0.328 e. The average Bonchev–Trinajstić information content (AvgIpc) is 2.81. The van der Waals surface area contributed by atoms with E-state index < -0.39 is 17.7 Å². The number of carboxylic acid groups (broad SMARTS) is 1. The van der Waals surface area contributed by atoms with Gasteiger partial charge in [0.2, 0.25) is 0 Å². The summed E-state index contributed by atoms with van der Waals surface area (Å²) in [6, 6.07) is 3.86. The Balaban J connectivity index is 2.16. The molecule has 0 radical (unpaired) electrons. The second kappa shape index (κ2) is 6.27. The molecule has 2 aromatic rings. The minimum absolute atomic E-state index is 0.129. The van der Waals surface area contributed by atoms with Gasteiger partial charge >= 0.3 is 5.97 Å². The quantitative estimate of drug-likeness (QED) is 0.851. The van der Waals surface area contributed by atoms with Gasteiger partial charge in [0.25, 0.3) is 5.91 Å². The van der Waals surface area contributed by atoms with Gasteiger partial charge in [0.05, 0.1) is 11.3 Å². The molecule has 0 aliphatic carbocycles. The molecule has 0 unspecified atom stereocenters. The maximum atomic E-state index is 13.9. The Kier molecular flexibility index (Phi) is 4.44. The zero-order chi connectivity index (χ0) is 15.4. The smallest absolute Gasteiger partial charge is 0.328 e. The molecule has 1 aromatic carbocycles. The second-order valence-electron chi connectivity index (χ2n) is 4.16. The van der Waals surface area contributed by atoms with Crippen LogP contribution in [0.2, 0.25) is 0 Å². The first kappa shape index (κ1) is 14.9. The lowest BCUT2D eigenvalue weighted by Crippen LogP contribution is -2.13. The van der Waals surface area contributed by atoms with E-state index in [4.69, 9.17) is 5.11 Å². The van der Waals surface area contributed by atoms with Crippen molar-refractivity contribution < 1.29 is 19.1 Å². The number of aliphatic carboxylic acids is 1. The van der Waals surface area contributed by atoms with Crippen molar-refractivity contribution in [1.82, 2.24) is 4.98 Å². The van der Waals surface area contributed by atoms with E-state index in [2.05, 4.69) is 10.3 Å². The van der Waals surface area contributed by atoms with Crippen molar-refractivity contribution in [2.45, 2.75) is 6.92 Å². The van der Waals surface area contributed by atoms with Gasteiger partial charge in [-0.3, -0.25) is 10.1 Å². The van der Waals surface area contributed by atoms with Crippen molar-refractivity contribution in [3.8, 4) is 0 Å². The zero-order valence-corrected chi connectivity index (χ0v) is 11.8. The van der Waals surface area contributed by atoms with Gasteiger partial charge in [-0.25, -0.2) is 14.2 Å². The number of rotatable bonds is 4. The Morgan fingerprint density at radius 2 is 2.19 bits per heavy atom. The highest BCUT2D eigenvalue weighted by atomic mass is 32.1. The number of hydrogen-bond acceptors (Lipinski definition) is 4. The van der Waals surface area contributed by atoms with Crippen molar-refractivity contribution >= 4 is 34.4 Å². The Morgan fingerprint density at radius 3 is 2.76 bits per heavy atom. The van der Waals surface area contributed by atoms with E-state index in [0.29, 0.717) is 10.7 Å². The van der Waals surface area contributed by atoms with Crippen LogP contribution in [-0.4, -0.2) is 22.0 Å². The summed E-state index contributed by atoms with van der Waals surface area (Å²) in [5.74, 6) is -2.46. The van der Waals surface area contributed by atoms with Crippen molar-refractivity contribution in [1.29, 1.82) is 0 Å². The van der Waals surface area contributed by atoms with E-state index in [9.17, 15) is 14.0 Å². The Labute approximate surface area is 123 Å². The highest BCUT2D eigenvalue weighted by Crippen LogP contribution is 2.17. The van der Waals surface area contributed by atoms with Crippen LogP contribution < -0.4 is 5.32 Å². The normalized spacial score (nSPS) is 10.8. The molecule has 2 N–H and O–H groups in total. The molecule has 0 saturated carbocycles. The van der Waals surface area contributed by atoms with Crippen LogP contribution in [-0.2, 0) is 4.79 Å². The highest BCUT2D eigenvalue weighted by Gasteiger charge is 2.13. The third kappa shape index (κ3) is 3.96. The van der Waals surface area contributed by atoms with Crippen LogP contribution in [0.5, 0.6) is 0 Å². The average molecular weight is 306 g/mol. The standard InChI is InChI=1S/C14H11FN2O3S/c1-8-7-21-14(16-8)17-13(20)10-4-2-9(6-11(10)15)3-5-12(18)19/h2-7H,1H3,(H,18,19)(H,16,17,20). The molecule has 0 spiro atoms. The van der Waals surface area contributed by atoms with Crippen LogP contribution in [0.1, 0.15) is 21.6 Å². The summed E-state index contributed by atoms with van der Waals surface area (Å²) in [5, 5.41) is 13.2. The first-order valence-electron chi connectivity index (χ1n) is 5.90. The van der Waals surface area contributed by atoms with Crippen LogP contribution in [0.3, 0.4) is 0 Å². The molecular weight excluding hydrogens is 295 g/mol. The number of carboxylic acids is 1. The summed E-state index contributed by atoms with van der Waals surface area (Å²) in [5.41, 5.74) is 0.997. The zero-order valence-electron chi connectivity index (χ0n) is 11.0. The molecule has 0 aliphatic heterocycles. The topological polar surface area (TPSA) is 79.3 Å². The van der Waals surface area contributed by atoms with Gasteiger partial charge in [-0.15, -0.1) is 11.3 Å². The van der Waals surface area contributed by atoms with E-state index in [1.54, 1.807) is 12.3 Å². The molecule has 1 amide bonds. The van der Waals surface area contributed by atoms with Crippen LogP contribution in [0.25, 0.3) is 6.08 Å². The lowest BCUT2D eigenvalue weighted by molar-refractivity contribution is -0.131. The summed E-state index contributed by atoms with van der Waals surface area (Å²) >= 11 is 1.25. The van der Waals surface area contributed by atoms with Crippen molar-refractivity contribution in [3.63, 3.8) is 0 Å². The molecule has 0 atom stereocenters. The predicted molar refractivity (Wildman–Crippen MR) is 77.9 cm³/mol. The third-order valence-corrected chi connectivity index (χ3v) is 3.37. The third-order valence-electron chi connectivity index (χ3n) is 2.50. The summed E-state index contributed by atoms with van der Waals surface area (Å²) in [7, 11) is 0. The summed E-state index contributed by atoms with van der Waals surface area (Å²) < 4.78 is 13.9. The van der Waals surface area contributed by atoms with Crippen LogP contribution in [0.4, 0.5) is 9.52 Å². The number of thiazole rings is 1. The van der Waals surface area contributed by atoms with Crippen LogP contribution in [0.15, 0.2) is 29.7 Å². The molecule has 21 heavy (non-hydrogen) atoms. The molecule has 1 heterocycles. The molecule has 0 aliphatic rings. The molecule has 5 nitrogen and oxygen atoms in total. The number of amides is 1. The fraction of sp³-hybridized carbons (Fsp3) is 0.0714. The van der Waals surface area contributed by atoms with Gasteiger partial charge in [0.1, 0.15) is 5.82 Å². The van der Waals surface area contributed by atoms with E-state index in [1.807, 2.05) is 0 Å². The number of aryl methyl sites for hydroxylation is 1. The van der Waals surface area contributed by atoms with Gasteiger partial charge in [-0.05, 0) is 30.7 Å². The minimum Gasteiger partial charge on any atom is -0.478 e. The van der Waals surface area contributed by atoms with E-state index in [0.717, 1.165) is 17.8 Å². The SMILES string of the molecule is Cc1csc(NC(=O)c2ccc(C=CC(=O)O)cc2F)n1. The molecule has 0 bridgehead atoms. The number of halogens is 1. The molecule has 0 saturated heterocycles. The first-order chi connectivity index (χ1) is 9.95. The number of anilines is 1. The lowest BCUT2D eigenvalue weighted by Gasteiger charge is -2.04. The van der Waals surface area contributed by atoms with Crippen molar-refractivity contribution in [2.75, 3.05) is 5.32 Å². The summed E-state index contributed by atoms with van der Waals surface area (Å²) in [4.78, 5) is 26.4. The highest BCUT2D eigenvalue weighted by molar-refractivity contribution is 7.13. The van der Waals surface area contributed by atoms with Gasteiger partial charge in [-0.2, -0.15) is 0 Å². The Bertz CT molecular complexity index is 725. The van der Waals surface area contributed by atoms with Crippen molar-refractivity contribution in [2.24, 2.45) is 0 Å². The Hall–Kier alpha value is -2.54. The van der Waals surface area contributed by atoms with Gasteiger partial charge in [-0.1, -0.05) is 6.07 Å². The number of nitrogens with zero attached hydrogens (tertiary/aromatic N) is 1. The number of benzene rings is 1. The molecule has 1 aromatic heterocycles. The van der Waals surface area contributed by atoms with E-state index in [-0.39, 0.29) is 5.56 Å². The maximum absolute atomic E-state index is 13.9. The number of aromatic nitrogens is 1. The van der Waals surface area contributed by atoms with Gasteiger partial charge in [0, 0.05) is 11.5 Å². The number of carbonyl (C=O) groups excluding carboxylic acids is 1. The lowest BCUT2D eigenvalue weighted by atomic mass is 10.1. The molecule has 2 rings (SSSR count). The molecular formula is C14H11FN2O3S. The number of nitrogens with one attached hydrogen (secondary N) is 1. The van der Waals surface area contributed by atoms with Gasteiger partial charge < -0.3 is 5.11 Å². The number of carbonyl (C=O) groups is 2. The first-order valence-corrected chi connectivity index (χ1v) is 6.77. The number of hydrogen-bond donors (Lipinski definition) is 2. The molecule has 108 valence electrons. The fourth-order valence-corrected chi connectivity index (χ4v) is 2.25. The largest absolute Gasteiger partial charge is 0.478 e. The van der Waals surface area contributed by atoms with Crippen molar-refractivity contribution in [3.05, 3.63) is 52.3 Å². The van der Waals surface area contributed by atoms with E-state index in [1.165, 1.54) is 29.5 Å². The fourth-order valence-electron chi connectivity index (χ4n) is 1.56. The second-order valence-corrected chi connectivity index (χ2v) is 5.02.